The number of carbonyl (C=O) groups is 2. The molecule has 1 aliphatic heterocycles. The Balaban J connectivity index is 1.85. The van der Waals surface area contributed by atoms with Crippen LogP contribution in [0.15, 0.2) is 5.16 Å². The standard InChI is InChI=1S/C17H23N3O5S/c1-2-25-17(22)16-14(11-4-3-5-12(19-23)15(11)26-16)18-13(21)10-20-6-8-24-9-7-20/h23H,2-10H2,1H3,(H,18,21)/b19-12+. The van der Waals surface area contributed by atoms with Crippen molar-refractivity contribution >= 4 is 34.6 Å². The van der Waals surface area contributed by atoms with Crippen molar-refractivity contribution in [2.24, 2.45) is 5.16 Å². The lowest BCUT2D eigenvalue weighted by atomic mass is 9.96. The van der Waals surface area contributed by atoms with Crippen molar-refractivity contribution in [2.45, 2.75) is 26.2 Å². The number of nitrogens with one attached hydrogen (secondary N) is 1. The van der Waals surface area contributed by atoms with Crippen LogP contribution in [0.4, 0.5) is 5.69 Å². The van der Waals surface area contributed by atoms with Crippen molar-refractivity contribution in [1.29, 1.82) is 0 Å². The number of ether oxygens (including phenoxy) is 2. The first kappa shape index (κ1) is 18.8. The maximum absolute atomic E-state index is 12.5. The summed E-state index contributed by atoms with van der Waals surface area (Å²) in [5.41, 5.74) is 1.91. The largest absolute Gasteiger partial charge is 0.462 e. The van der Waals surface area contributed by atoms with E-state index < -0.39 is 5.97 Å². The highest BCUT2D eigenvalue weighted by Crippen LogP contribution is 2.39. The summed E-state index contributed by atoms with van der Waals surface area (Å²) in [4.78, 5) is 28.0. The summed E-state index contributed by atoms with van der Waals surface area (Å²) >= 11 is 1.22. The molecule has 3 rings (SSSR count). The molecule has 0 saturated carbocycles. The van der Waals surface area contributed by atoms with Gasteiger partial charge in [0.1, 0.15) is 4.88 Å². The molecule has 2 aliphatic rings. The third kappa shape index (κ3) is 4.05. The Morgan fingerprint density at radius 3 is 2.81 bits per heavy atom. The maximum atomic E-state index is 12.5. The van der Waals surface area contributed by atoms with Crippen LogP contribution < -0.4 is 5.32 Å². The SMILES string of the molecule is CCOC(=O)c1sc2c(c1NC(=O)CN1CCOCC1)CCC/C2=N\O. The van der Waals surface area contributed by atoms with E-state index in [1.165, 1.54) is 11.3 Å². The molecule has 2 N–H and O–H groups in total. The molecule has 2 heterocycles. The van der Waals surface area contributed by atoms with Gasteiger partial charge in [0.05, 0.1) is 42.6 Å². The summed E-state index contributed by atoms with van der Waals surface area (Å²) in [6.07, 6.45) is 2.17. The van der Waals surface area contributed by atoms with E-state index in [0.717, 1.165) is 23.3 Å². The second kappa shape index (κ2) is 8.61. The van der Waals surface area contributed by atoms with Crippen molar-refractivity contribution in [1.82, 2.24) is 4.90 Å². The number of rotatable bonds is 5. The molecular weight excluding hydrogens is 358 g/mol. The lowest BCUT2D eigenvalue weighted by Crippen LogP contribution is -2.41. The number of hydrogen-bond acceptors (Lipinski definition) is 8. The van der Waals surface area contributed by atoms with E-state index in [1.807, 2.05) is 4.90 Å². The Labute approximate surface area is 155 Å². The summed E-state index contributed by atoms with van der Waals surface area (Å²) in [6, 6.07) is 0. The number of esters is 1. The molecule has 142 valence electrons. The molecule has 0 radical (unpaired) electrons. The quantitative estimate of drug-likeness (QED) is 0.458. The van der Waals surface area contributed by atoms with E-state index in [9.17, 15) is 14.8 Å². The first-order valence-corrected chi connectivity index (χ1v) is 9.59. The minimum Gasteiger partial charge on any atom is -0.462 e. The van der Waals surface area contributed by atoms with Crippen molar-refractivity contribution in [3.63, 3.8) is 0 Å². The second-order valence-electron chi connectivity index (χ2n) is 6.17. The van der Waals surface area contributed by atoms with Crippen LogP contribution in [-0.4, -0.2) is 67.2 Å². The van der Waals surface area contributed by atoms with Crippen LogP contribution in [0.3, 0.4) is 0 Å². The minimum absolute atomic E-state index is 0.175. The summed E-state index contributed by atoms with van der Waals surface area (Å²) in [7, 11) is 0. The second-order valence-corrected chi connectivity index (χ2v) is 7.19. The molecule has 1 aromatic heterocycles. The molecule has 0 spiro atoms. The lowest BCUT2D eigenvalue weighted by molar-refractivity contribution is -0.118. The van der Waals surface area contributed by atoms with Crippen LogP contribution in [0.1, 0.15) is 39.9 Å². The normalized spacial score (nSPS) is 19.2. The number of anilines is 1. The number of carbonyl (C=O) groups excluding carboxylic acids is 2. The molecule has 1 aliphatic carbocycles. The van der Waals surface area contributed by atoms with Gasteiger partial charge in [0, 0.05) is 13.1 Å². The van der Waals surface area contributed by atoms with E-state index in [0.29, 0.717) is 49.0 Å². The van der Waals surface area contributed by atoms with E-state index >= 15 is 0 Å². The van der Waals surface area contributed by atoms with Gasteiger partial charge in [-0.05, 0) is 31.7 Å². The van der Waals surface area contributed by atoms with Crippen molar-refractivity contribution in [3.05, 3.63) is 15.3 Å². The van der Waals surface area contributed by atoms with Gasteiger partial charge in [0.2, 0.25) is 5.91 Å². The topological polar surface area (TPSA) is 100 Å². The number of hydrogen-bond donors (Lipinski definition) is 2. The lowest BCUT2D eigenvalue weighted by Gasteiger charge is -2.26. The van der Waals surface area contributed by atoms with Gasteiger partial charge < -0.3 is 20.0 Å². The van der Waals surface area contributed by atoms with Gasteiger partial charge in [-0.15, -0.1) is 11.3 Å². The molecule has 0 bridgehead atoms. The van der Waals surface area contributed by atoms with Crippen LogP contribution in [0.25, 0.3) is 0 Å². The highest BCUT2D eigenvalue weighted by molar-refractivity contribution is 7.17. The summed E-state index contributed by atoms with van der Waals surface area (Å²) < 4.78 is 10.4. The highest BCUT2D eigenvalue weighted by atomic mass is 32.1. The maximum Gasteiger partial charge on any atom is 0.350 e. The third-order valence-electron chi connectivity index (χ3n) is 4.43. The summed E-state index contributed by atoms with van der Waals surface area (Å²) in [5.74, 6) is -0.642. The van der Waals surface area contributed by atoms with Crippen molar-refractivity contribution in [2.75, 3.05) is 44.8 Å². The van der Waals surface area contributed by atoms with Crippen LogP contribution >= 0.6 is 11.3 Å². The molecule has 1 amide bonds. The Hall–Kier alpha value is -1.97. The van der Waals surface area contributed by atoms with Gasteiger partial charge in [0.25, 0.3) is 0 Å². The molecule has 0 unspecified atom stereocenters. The molecule has 9 heteroatoms. The average Bonchev–Trinajstić information content (AvgIpc) is 3.01. The summed E-state index contributed by atoms with van der Waals surface area (Å²) in [6.45, 7) is 4.89. The molecule has 1 aromatic rings. The highest BCUT2D eigenvalue weighted by Gasteiger charge is 2.30. The third-order valence-corrected chi connectivity index (χ3v) is 5.69. The Kier molecular flexibility index (Phi) is 6.23. The van der Waals surface area contributed by atoms with Gasteiger partial charge in [-0.3, -0.25) is 9.69 Å². The number of nitrogens with zero attached hydrogens (tertiary/aromatic N) is 2. The zero-order valence-electron chi connectivity index (χ0n) is 14.7. The Morgan fingerprint density at radius 2 is 2.12 bits per heavy atom. The van der Waals surface area contributed by atoms with Crippen LogP contribution in [0, 0.1) is 0 Å². The molecule has 8 nitrogen and oxygen atoms in total. The van der Waals surface area contributed by atoms with Gasteiger partial charge in [-0.1, -0.05) is 5.16 Å². The number of morpholine rings is 1. The predicted octanol–water partition coefficient (Wildman–Crippen LogP) is 1.71. The fourth-order valence-electron chi connectivity index (χ4n) is 3.19. The molecule has 1 fully saturated rings. The summed E-state index contributed by atoms with van der Waals surface area (Å²) in [5, 5.41) is 15.5. The zero-order chi connectivity index (χ0) is 18.5. The van der Waals surface area contributed by atoms with E-state index in [4.69, 9.17) is 9.47 Å². The number of oxime groups is 1. The molecule has 1 saturated heterocycles. The first-order chi connectivity index (χ1) is 12.6. The van der Waals surface area contributed by atoms with E-state index in [2.05, 4.69) is 10.5 Å². The van der Waals surface area contributed by atoms with E-state index in [-0.39, 0.29) is 19.1 Å². The molecule has 26 heavy (non-hydrogen) atoms. The monoisotopic (exact) mass is 381 g/mol. The number of fused-ring (bicyclic) bond motifs is 1. The van der Waals surface area contributed by atoms with Crippen molar-refractivity contribution in [3.8, 4) is 0 Å². The van der Waals surface area contributed by atoms with Gasteiger partial charge in [0.15, 0.2) is 0 Å². The predicted molar refractivity (Wildman–Crippen MR) is 97.4 cm³/mol. The Morgan fingerprint density at radius 1 is 1.35 bits per heavy atom. The van der Waals surface area contributed by atoms with Crippen molar-refractivity contribution < 1.29 is 24.3 Å². The van der Waals surface area contributed by atoms with E-state index in [1.54, 1.807) is 6.92 Å². The van der Waals surface area contributed by atoms with Gasteiger partial charge >= 0.3 is 5.97 Å². The molecular formula is C17H23N3O5S. The molecule has 0 aromatic carbocycles. The van der Waals surface area contributed by atoms with Gasteiger partial charge in [-0.25, -0.2) is 4.79 Å². The average molecular weight is 381 g/mol. The first-order valence-electron chi connectivity index (χ1n) is 8.78. The fraction of sp³-hybridized carbons (Fsp3) is 0.588. The zero-order valence-corrected chi connectivity index (χ0v) is 15.6. The van der Waals surface area contributed by atoms with Crippen LogP contribution in [0.5, 0.6) is 0 Å². The minimum atomic E-state index is -0.467. The van der Waals surface area contributed by atoms with Crippen LogP contribution in [-0.2, 0) is 20.7 Å². The fourth-order valence-corrected chi connectivity index (χ4v) is 4.40. The Bertz CT molecular complexity index is 709. The number of thiophene rings is 1. The van der Waals surface area contributed by atoms with Gasteiger partial charge in [-0.2, -0.15) is 0 Å². The van der Waals surface area contributed by atoms with Crippen LogP contribution in [0.2, 0.25) is 0 Å². The number of amides is 1. The molecule has 0 atom stereocenters. The smallest absolute Gasteiger partial charge is 0.350 e.